The summed E-state index contributed by atoms with van der Waals surface area (Å²) in [7, 11) is 0. The molecular weight excluding hydrogens is 384 g/mol. The molecule has 0 spiro atoms. The Labute approximate surface area is 176 Å². The molecule has 0 aliphatic heterocycles. The van der Waals surface area contributed by atoms with Gasteiger partial charge < -0.3 is 19.7 Å². The molecule has 0 unspecified atom stereocenters. The summed E-state index contributed by atoms with van der Waals surface area (Å²) in [5.41, 5.74) is 2.27. The van der Waals surface area contributed by atoms with Gasteiger partial charge in [-0.2, -0.15) is 0 Å². The molecule has 0 saturated heterocycles. The molecule has 30 heavy (non-hydrogen) atoms. The van der Waals surface area contributed by atoms with Crippen LogP contribution in [0.1, 0.15) is 36.8 Å². The lowest BCUT2D eigenvalue weighted by atomic mass is 9.82. The molecule has 2 saturated carbocycles. The summed E-state index contributed by atoms with van der Waals surface area (Å²) < 4.78 is 11.2. The van der Waals surface area contributed by atoms with Crippen LogP contribution in [0.25, 0.3) is 0 Å². The molecule has 0 bridgehead atoms. The Hall–Kier alpha value is -2.70. The van der Waals surface area contributed by atoms with Crippen molar-refractivity contribution in [2.75, 3.05) is 0 Å². The lowest BCUT2D eigenvalue weighted by Gasteiger charge is -2.32. The Morgan fingerprint density at radius 3 is 1.30 bits per heavy atom. The van der Waals surface area contributed by atoms with Crippen LogP contribution in [-0.4, -0.2) is 34.4 Å². The second-order valence-electron chi connectivity index (χ2n) is 7.85. The molecule has 0 heterocycles. The van der Waals surface area contributed by atoms with Crippen LogP contribution < -0.4 is 0 Å². The molecule has 2 aliphatic rings. The van der Waals surface area contributed by atoms with Crippen LogP contribution in [-0.2, 0) is 32.3 Å². The van der Waals surface area contributed by atoms with Gasteiger partial charge in [0.15, 0.2) is 0 Å². The smallest absolute Gasteiger partial charge is 0.306 e. The van der Waals surface area contributed by atoms with E-state index >= 15 is 0 Å². The highest BCUT2D eigenvalue weighted by Gasteiger charge is 2.35. The van der Waals surface area contributed by atoms with E-state index in [9.17, 15) is 9.59 Å². The van der Waals surface area contributed by atoms with Crippen molar-refractivity contribution in [3.8, 4) is 0 Å². The summed E-state index contributed by atoms with van der Waals surface area (Å²) >= 11 is 0. The van der Waals surface area contributed by atoms with Gasteiger partial charge in [-0.1, -0.05) is 60.7 Å². The third-order valence-electron chi connectivity index (χ3n) is 5.55. The number of benzene rings is 2. The van der Waals surface area contributed by atoms with E-state index in [1.807, 2.05) is 60.7 Å². The molecule has 2 fully saturated rings. The summed E-state index contributed by atoms with van der Waals surface area (Å²) in [6.45, 7) is 1.16. The normalized spacial score (nSPS) is 24.5. The van der Waals surface area contributed by atoms with E-state index in [1.54, 1.807) is 0 Å². The predicted molar refractivity (Wildman–Crippen MR) is 111 cm³/mol. The van der Waals surface area contributed by atoms with Gasteiger partial charge in [-0.05, 0) is 36.8 Å². The van der Waals surface area contributed by atoms with Gasteiger partial charge in [-0.3, -0.25) is 9.59 Å². The second kappa shape index (κ2) is 10.9. The van der Waals surface area contributed by atoms with Gasteiger partial charge in [0.1, 0.15) is 0 Å². The van der Waals surface area contributed by atoms with Crippen molar-refractivity contribution in [3.63, 3.8) is 0 Å². The number of carboxylic acids is 2. The van der Waals surface area contributed by atoms with E-state index in [1.165, 1.54) is 0 Å². The van der Waals surface area contributed by atoms with E-state index in [0.717, 1.165) is 11.1 Å². The molecule has 2 aromatic rings. The molecule has 6 nitrogen and oxygen atoms in total. The fourth-order valence-corrected chi connectivity index (χ4v) is 3.38. The van der Waals surface area contributed by atoms with Crippen molar-refractivity contribution in [1.29, 1.82) is 0 Å². The molecule has 160 valence electrons. The van der Waals surface area contributed by atoms with E-state index in [-0.39, 0.29) is 24.0 Å². The van der Waals surface area contributed by atoms with E-state index in [4.69, 9.17) is 19.7 Å². The summed E-state index contributed by atoms with van der Waals surface area (Å²) in [6, 6.07) is 19.8. The van der Waals surface area contributed by atoms with Crippen LogP contribution in [0.15, 0.2) is 60.7 Å². The standard InChI is InChI=1S/2C12H14O3/c2*13-12(14)10-6-11(7-10)15-8-9-4-2-1-3-5-9/h2*1-5,10-11H,6-8H2,(H,13,14). The van der Waals surface area contributed by atoms with Crippen LogP contribution >= 0.6 is 0 Å². The minimum absolute atomic E-state index is 0.131. The maximum Gasteiger partial charge on any atom is 0.306 e. The maximum atomic E-state index is 10.5. The van der Waals surface area contributed by atoms with E-state index in [2.05, 4.69) is 0 Å². The van der Waals surface area contributed by atoms with Crippen LogP contribution in [0, 0.1) is 11.8 Å². The second-order valence-corrected chi connectivity index (χ2v) is 7.85. The molecule has 2 aromatic carbocycles. The SMILES string of the molecule is O=C(O)C1CC(OCc2ccccc2)C1.O=C(O)C1CC(OCc2ccccc2)C1. The minimum Gasteiger partial charge on any atom is -0.481 e. The van der Waals surface area contributed by atoms with Gasteiger partial charge in [-0.15, -0.1) is 0 Å². The predicted octanol–water partition coefficient (Wildman–Crippen LogP) is 4.13. The Balaban J connectivity index is 0.000000171. The number of carboxylic acid groups (broad SMARTS) is 2. The van der Waals surface area contributed by atoms with Gasteiger partial charge in [0, 0.05) is 0 Å². The fraction of sp³-hybridized carbons (Fsp3) is 0.417. The van der Waals surface area contributed by atoms with Gasteiger partial charge in [0.05, 0.1) is 37.3 Å². The molecule has 0 aromatic heterocycles. The van der Waals surface area contributed by atoms with E-state index in [0.29, 0.717) is 38.9 Å². The highest BCUT2D eigenvalue weighted by Crippen LogP contribution is 2.31. The maximum absolute atomic E-state index is 10.5. The first kappa shape index (κ1) is 22.0. The summed E-state index contributed by atoms with van der Waals surface area (Å²) in [5, 5.41) is 17.4. The van der Waals surface area contributed by atoms with Crippen molar-refractivity contribution >= 4 is 11.9 Å². The number of hydrogen-bond acceptors (Lipinski definition) is 4. The van der Waals surface area contributed by atoms with Crippen molar-refractivity contribution < 1.29 is 29.3 Å². The molecule has 2 aliphatic carbocycles. The molecule has 0 amide bonds. The summed E-state index contributed by atoms with van der Waals surface area (Å²) in [6.07, 6.45) is 2.88. The zero-order chi connectivity index (χ0) is 21.3. The number of ether oxygens (including phenoxy) is 2. The molecule has 6 heteroatoms. The van der Waals surface area contributed by atoms with Crippen molar-refractivity contribution in [3.05, 3.63) is 71.8 Å². The zero-order valence-corrected chi connectivity index (χ0v) is 16.9. The Bertz CT molecular complexity index is 725. The molecule has 0 radical (unpaired) electrons. The minimum atomic E-state index is -0.699. The third kappa shape index (κ3) is 6.68. The lowest BCUT2D eigenvalue weighted by Crippen LogP contribution is -2.36. The molecule has 2 N–H and O–H groups in total. The summed E-state index contributed by atoms with van der Waals surface area (Å²) in [5.74, 6) is -1.78. The van der Waals surface area contributed by atoms with Gasteiger partial charge in [0.25, 0.3) is 0 Å². The highest BCUT2D eigenvalue weighted by atomic mass is 16.5. The van der Waals surface area contributed by atoms with E-state index < -0.39 is 11.9 Å². The average Bonchev–Trinajstić information content (AvgIpc) is 2.67. The van der Waals surface area contributed by atoms with Crippen molar-refractivity contribution in [1.82, 2.24) is 0 Å². The Morgan fingerprint density at radius 1 is 0.667 bits per heavy atom. The van der Waals surface area contributed by atoms with Crippen LogP contribution in [0.4, 0.5) is 0 Å². The molecule has 0 atom stereocenters. The largest absolute Gasteiger partial charge is 0.481 e. The molecule has 4 rings (SSSR count). The Kier molecular flexibility index (Phi) is 7.99. The molecular formula is C24H28O6. The van der Waals surface area contributed by atoms with Crippen LogP contribution in [0.3, 0.4) is 0 Å². The monoisotopic (exact) mass is 412 g/mol. The number of carbonyl (C=O) groups is 2. The summed E-state index contributed by atoms with van der Waals surface area (Å²) in [4.78, 5) is 21.1. The highest BCUT2D eigenvalue weighted by molar-refractivity contribution is 5.71. The zero-order valence-electron chi connectivity index (χ0n) is 16.9. The number of aliphatic carboxylic acids is 2. The third-order valence-corrected chi connectivity index (χ3v) is 5.55. The Morgan fingerprint density at radius 2 is 1.00 bits per heavy atom. The van der Waals surface area contributed by atoms with Crippen LogP contribution in [0.5, 0.6) is 0 Å². The van der Waals surface area contributed by atoms with Crippen molar-refractivity contribution in [2.45, 2.75) is 51.1 Å². The first-order valence-corrected chi connectivity index (χ1v) is 10.3. The fourth-order valence-electron chi connectivity index (χ4n) is 3.38. The quantitative estimate of drug-likeness (QED) is 0.677. The van der Waals surface area contributed by atoms with Crippen LogP contribution in [0.2, 0.25) is 0 Å². The first-order chi connectivity index (χ1) is 14.5. The first-order valence-electron chi connectivity index (χ1n) is 10.3. The number of rotatable bonds is 8. The lowest BCUT2D eigenvalue weighted by molar-refractivity contribution is -0.152. The van der Waals surface area contributed by atoms with Crippen molar-refractivity contribution in [2.24, 2.45) is 11.8 Å². The number of hydrogen-bond donors (Lipinski definition) is 2. The van der Waals surface area contributed by atoms with Gasteiger partial charge in [0.2, 0.25) is 0 Å². The topological polar surface area (TPSA) is 93.1 Å². The van der Waals surface area contributed by atoms with Gasteiger partial charge >= 0.3 is 11.9 Å². The van der Waals surface area contributed by atoms with Gasteiger partial charge in [-0.25, -0.2) is 0 Å². The average molecular weight is 412 g/mol.